The molecule has 1 saturated carbocycles. The Balaban J connectivity index is 1.76. The van der Waals surface area contributed by atoms with Crippen LogP contribution in [0.3, 0.4) is 0 Å². The van der Waals surface area contributed by atoms with Gasteiger partial charge in [0.15, 0.2) is 11.5 Å². The van der Waals surface area contributed by atoms with Crippen molar-refractivity contribution in [2.24, 2.45) is 5.92 Å². The molecule has 122 valence electrons. The molecule has 0 radical (unpaired) electrons. The summed E-state index contributed by atoms with van der Waals surface area (Å²) >= 11 is 0. The second-order valence-corrected chi connectivity index (χ2v) is 6.29. The van der Waals surface area contributed by atoms with Gasteiger partial charge in [0.2, 0.25) is 12.5 Å². The molecular weight excluding hydrogens is 282 g/mol. The summed E-state index contributed by atoms with van der Waals surface area (Å²) in [6, 6.07) is 4.17. The minimum atomic E-state index is 0.150. The summed E-state index contributed by atoms with van der Waals surface area (Å²) < 4.78 is 16.3. The third-order valence-electron chi connectivity index (χ3n) is 4.71. The summed E-state index contributed by atoms with van der Waals surface area (Å²) in [5.41, 5.74) is 1.13. The van der Waals surface area contributed by atoms with E-state index in [-0.39, 0.29) is 19.4 Å². The van der Waals surface area contributed by atoms with Crippen LogP contribution < -0.4 is 14.2 Å². The third-order valence-corrected chi connectivity index (χ3v) is 4.71. The minimum absolute atomic E-state index is 0.150. The average Bonchev–Trinajstić information content (AvgIpc) is 2.96. The second-order valence-electron chi connectivity index (χ2n) is 6.29. The summed E-state index contributed by atoms with van der Waals surface area (Å²) in [5, 5.41) is 9.53. The maximum Gasteiger partial charge on any atom is 0.231 e. The van der Waals surface area contributed by atoms with Crippen LogP contribution in [0.15, 0.2) is 12.1 Å². The van der Waals surface area contributed by atoms with E-state index >= 15 is 0 Å². The molecule has 0 amide bonds. The SMILES string of the molecule is COc1cc(CN(CC2CCC2)[C@H](C)CO)cc2c1OCO2. The fourth-order valence-corrected chi connectivity index (χ4v) is 3.03. The molecule has 0 spiro atoms. The molecule has 1 aliphatic carbocycles. The highest BCUT2D eigenvalue weighted by Crippen LogP contribution is 2.42. The molecular formula is C17H25NO4. The van der Waals surface area contributed by atoms with Crippen LogP contribution in [0.1, 0.15) is 31.7 Å². The van der Waals surface area contributed by atoms with Gasteiger partial charge in [-0.2, -0.15) is 0 Å². The lowest BCUT2D eigenvalue weighted by Crippen LogP contribution is -2.40. The Bertz CT molecular complexity index is 516. The largest absolute Gasteiger partial charge is 0.493 e. The molecule has 1 atom stereocenters. The quantitative estimate of drug-likeness (QED) is 0.838. The molecule has 5 heteroatoms. The fourth-order valence-electron chi connectivity index (χ4n) is 3.03. The number of aliphatic hydroxyl groups is 1. The molecule has 2 aliphatic rings. The van der Waals surface area contributed by atoms with Gasteiger partial charge in [0.1, 0.15) is 0 Å². The lowest BCUT2D eigenvalue weighted by atomic mass is 9.85. The zero-order valence-corrected chi connectivity index (χ0v) is 13.4. The van der Waals surface area contributed by atoms with Gasteiger partial charge >= 0.3 is 0 Å². The van der Waals surface area contributed by atoms with Gasteiger partial charge in [-0.1, -0.05) is 6.42 Å². The van der Waals surface area contributed by atoms with E-state index < -0.39 is 0 Å². The van der Waals surface area contributed by atoms with Crippen LogP contribution in [-0.4, -0.2) is 43.1 Å². The lowest BCUT2D eigenvalue weighted by Gasteiger charge is -2.35. The molecule has 0 unspecified atom stereocenters. The Labute approximate surface area is 131 Å². The molecule has 0 bridgehead atoms. The molecule has 1 heterocycles. The number of fused-ring (bicyclic) bond motifs is 1. The third kappa shape index (κ3) is 3.15. The van der Waals surface area contributed by atoms with E-state index in [2.05, 4.69) is 11.8 Å². The van der Waals surface area contributed by atoms with E-state index in [9.17, 15) is 5.11 Å². The van der Waals surface area contributed by atoms with Crippen LogP contribution in [0.4, 0.5) is 0 Å². The van der Waals surface area contributed by atoms with Gasteiger partial charge in [-0.15, -0.1) is 0 Å². The number of methoxy groups -OCH3 is 1. The number of aliphatic hydroxyl groups excluding tert-OH is 1. The summed E-state index contributed by atoms with van der Waals surface area (Å²) in [4.78, 5) is 2.35. The van der Waals surface area contributed by atoms with Gasteiger partial charge in [-0.05, 0) is 43.4 Å². The van der Waals surface area contributed by atoms with E-state index in [1.54, 1.807) is 7.11 Å². The molecule has 0 aromatic heterocycles. The van der Waals surface area contributed by atoms with Crippen molar-refractivity contribution >= 4 is 0 Å². The Morgan fingerprint density at radius 2 is 2.18 bits per heavy atom. The van der Waals surface area contributed by atoms with E-state index in [4.69, 9.17) is 14.2 Å². The number of hydrogen-bond acceptors (Lipinski definition) is 5. The number of benzene rings is 1. The van der Waals surface area contributed by atoms with Crippen LogP contribution in [0.2, 0.25) is 0 Å². The summed E-state index contributed by atoms with van der Waals surface area (Å²) in [5.74, 6) is 2.91. The van der Waals surface area contributed by atoms with Crippen molar-refractivity contribution in [1.29, 1.82) is 0 Å². The molecule has 1 aliphatic heterocycles. The first-order chi connectivity index (χ1) is 10.7. The van der Waals surface area contributed by atoms with Crippen molar-refractivity contribution in [3.8, 4) is 17.2 Å². The van der Waals surface area contributed by atoms with Gasteiger partial charge in [-0.3, -0.25) is 4.90 Å². The van der Waals surface area contributed by atoms with Crippen molar-refractivity contribution in [3.63, 3.8) is 0 Å². The summed E-state index contributed by atoms with van der Waals surface area (Å²) in [6.07, 6.45) is 3.95. The van der Waals surface area contributed by atoms with E-state index in [0.29, 0.717) is 11.5 Å². The number of rotatable bonds is 7. The van der Waals surface area contributed by atoms with Crippen molar-refractivity contribution in [3.05, 3.63) is 17.7 Å². The monoisotopic (exact) mass is 307 g/mol. The molecule has 3 rings (SSSR count). The van der Waals surface area contributed by atoms with Crippen molar-refractivity contribution in [2.45, 2.75) is 38.8 Å². The van der Waals surface area contributed by atoms with Crippen LogP contribution in [-0.2, 0) is 6.54 Å². The van der Waals surface area contributed by atoms with Crippen molar-refractivity contribution in [2.75, 3.05) is 27.1 Å². The van der Waals surface area contributed by atoms with Crippen LogP contribution >= 0.6 is 0 Å². The normalized spacial score (nSPS) is 18.4. The summed E-state index contributed by atoms with van der Waals surface area (Å²) in [7, 11) is 1.64. The Morgan fingerprint density at radius 3 is 2.82 bits per heavy atom. The summed E-state index contributed by atoms with van der Waals surface area (Å²) in [6.45, 7) is 4.31. The standard InChI is InChI=1S/C17H25NO4/c1-12(10-19)18(8-13-4-3-5-13)9-14-6-15(20-2)17-16(7-14)21-11-22-17/h6-7,12-13,19H,3-5,8-11H2,1-2H3/t12-/m1/s1. The minimum Gasteiger partial charge on any atom is -0.493 e. The number of ether oxygens (including phenoxy) is 3. The van der Waals surface area contributed by atoms with E-state index in [1.807, 2.05) is 12.1 Å². The van der Waals surface area contributed by atoms with E-state index in [0.717, 1.165) is 30.3 Å². The highest BCUT2D eigenvalue weighted by atomic mass is 16.7. The fraction of sp³-hybridized carbons (Fsp3) is 0.647. The zero-order valence-electron chi connectivity index (χ0n) is 13.4. The van der Waals surface area contributed by atoms with Gasteiger partial charge in [-0.25, -0.2) is 0 Å². The van der Waals surface area contributed by atoms with Gasteiger partial charge in [0.25, 0.3) is 0 Å². The maximum atomic E-state index is 9.53. The zero-order chi connectivity index (χ0) is 15.5. The smallest absolute Gasteiger partial charge is 0.231 e. The van der Waals surface area contributed by atoms with Crippen LogP contribution in [0.25, 0.3) is 0 Å². The first-order valence-corrected chi connectivity index (χ1v) is 8.02. The van der Waals surface area contributed by atoms with E-state index in [1.165, 1.54) is 19.3 Å². The van der Waals surface area contributed by atoms with Gasteiger partial charge in [0, 0.05) is 19.1 Å². The molecule has 5 nitrogen and oxygen atoms in total. The number of hydrogen-bond donors (Lipinski definition) is 1. The Hall–Kier alpha value is -1.46. The molecule has 0 saturated heterocycles. The topological polar surface area (TPSA) is 51.2 Å². The Morgan fingerprint density at radius 1 is 1.36 bits per heavy atom. The molecule has 1 fully saturated rings. The molecule has 1 aromatic carbocycles. The maximum absolute atomic E-state index is 9.53. The van der Waals surface area contributed by atoms with Crippen molar-refractivity contribution in [1.82, 2.24) is 4.90 Å². The predicted octanol–water partition coefficient (Wildman–Crippen LogP) is 2.41. The average molecular weight is 307 g/mol. The first kappa shape index (κ1) is 15.4. The van der Waals surface area contributed by atoms with Gasteiger partial charge < -0.3 is 19.3 Å². The number of nitrogens with zero attached hydrogens (tertiary/aromatic N) is 1. The van der Waals surface area contributed by atoms with Crippen LogP contribution in [0.5, 0.6) is 17.2 Å². The van der Waals surface area contributed by atoms with Crippen molar-refractivity contribution < 1.29 is 19.3 Å². The highest BCUT2D eigenvalue weighted by Gasteiger charge is 2.25. The predicted molar refractivity (Wildman–Crippen MR) is 83.4 cm³/mol. The highest BCUT2D eigenvalue weighted by molar-refractivity contribution is 5.55. The van der Waals surface area contributed by atoms with Crippen LogP contribution in [0, 0.1) is 5.92 Å². The Kier molecular flexibility index (Phi) is 4.74. The first-order valence-electron chi connectivity index (χ1n) is 8.02. The molecule has 1 N–H and O–H groups in total. The lowest BCUT2D eigenvalue weighted by molar-refractivity contribution is 0.0917. The molecule has 1 aromatic rings. The van der Waals surface area contributed by atoms with Gasteiger partial charge in [0.05, 0.1) is 13.7 Å². The molecule has 22 heavy (non-hydrogen) atoms. The second kappa shape index (κ2) is 6.75.